The van der Waals surface area contributed by atoms with E-state index in [9.17, 15) is 5.11 Å². The number of thioether (sulfide) groups is 1. The zero-order chi connectivity index (χ0) is 17.3. The first-order valence-electron chi connectivity index (χ1n) is 8.01. The molecule has 0 unspecified atom stereocenters. The number of aliphatic hydroxyl groups is 1. The Morgan fingerprint density at radius 1 is 1.04 bits per heavy atom. The number of hydrogen-bond acceptors (Lipinski definition) is 4. The lowest BCUT2D eigenvalue weighted by Gasteiger charge is -2.19. The van der Waals surface area contributed by atoms with Crippen LogP contribution in [0.2, 0.25) is 0 Å². The Kier molecular flexibility index (Phi) is 5.21. The molecule has 0 amide bonds. The normalized spacial score (nSPS) is 12.7. The molecule has 5 heteroatoms. The quantitative estimate of drug-likeness (QED) is 0.836. The minimum atomic E-state index is -0.719. The van der Waals surface area contributed by atoms with Crippen molar-refractivity contribution in [3.05, 3.63) is 29.8 Å². The molecule has 4 nitrogen and oxygen atoms in total. The van der Waals surface area contributed by atoms with Crippen molar-refractivity contribution in [3.63, 3.8) is 0 Å². The van der Waals surface area contributed by atoms with Crippen LogP contribution in [0.15, 0.2) is 29.4 Å². The van der Waals surface area contributed by atoms with Crippen LogP contribution in [0, 0.1) is 0 Å². The van der Waals surface area contributed by atoms with Crippen molar-refractivity contribution in [1.29, 1.82) is 0 Å². The van der Waals surface area contributed by atoms with Crippen LogP contribution in [0.5, 0.6) is 0 Å². The van der Waals surface area contributed by atoms with E-state index in [0.717, 1.165) is 23.1 Å². The maximum Gasteiger partial charge on any atom is 0.191 e. The molecular weight excluding hydrogens is 306 g/mol. The number of aromatic nitrogens is 3. The molecule has 23 heavy (non-hydrogen) atoms. The fourth-order valence-corrected chi connectivity index (χ4v) is 3.21. The molecule has 1 N–H and O–H groups in total. The van der Waals surface area contributed by atoms with E-state index < -0.39 is 5.60 Å². The summed E-state index contributed by atoms with van der Waals surface area (Å²) in [4.78, 5) is 0. The van der Waals surface area contributed by atoms with Gasteiger partial charge in [-0.3, -0.25) is 0 Å². The second-order valence-corrected chi connectivity index (χ2v) is 8.42. The van der Waals surface area contributed by atoms with Crippen LogP contribution < -0.4 is 0 Å². The lowest BCUT2D eigenvalue weighted by Crippen LogP contribution is -2.22. The summed E-state index contributed by atoms with van der Waals surface area (Å²) in [5, 5.41) is 19.4. The Morgan fingerprint density at radius 3 is 2.13 bits per heavy atom. The smallest absolute Gasteiger partial charge is 0.191 e. The third-order valence-electron chi connectivity index (χ3n) is 3.60. The fraction of sp³-hybridized carbons (Fsp3) is 0.556. The lowest BCUT2D eigenvalue weighted by atomic mass is 9.87. The maximum atomic E-state index is 9.89. The molecule has 1 aromatic heterocycles. The molecule has 0 bridgehead atoms. The van der Waals surface area contributed by atoms with E-state index in [4.69, 9.17) is 0 Å². The van der Waals surface area contributed by atoms with Crippen molar-refractivity contribution >= 4 is 11.8 Å². The highest BCUT2D eigenvalue weighted by atomic mass is 32.2. The summed E-state index contributed by atoms with van der Waals surface area (Å²) in [7, 11) is 0. The standard InChI is InChI=1S/C18H27N3OS/c1-7-21-15(19-20-16(21)23-12-18(5,6)22)13-8-10-14(11-9-13)17(2,3)4/h8-11,22H,7,12H2,1-6H3. The van der Waals surface area contributed by atoms with Crippen molar-refractivity contribution < 1.29 is 5.11 Å². The molecule has 126 valence electrons. The van der Waals surface area contributed by atoms with Crippen molar-refractivity contribution in [3.8, 4) is 11.4 Å². The first-order chi connectivity index (χ1) is 10.6. The molecule has 0 saturated carbocycles. The van der Waals surface area contributed by atoms with E-state index in [1.807, 2.05) is 0 Å². The second-order valence-electron chi connectivity index (χ2n) is 7.48. The van der Waals surface area contributed by atoms with Crippen LogP contribution in [0.4, 0.5) is 0 Å². The first kappa shape index (κ1) is 18.0. The van der Waals surface area contributed by atoms with Gasteiger partial charge >= 0.3 is 0 Å². The van der Waals surface area contributed by atoms with Crippen LogP contribution >= 0.6 is 11.8 Å². The van der Waals surface area contributed by atoms with Gasteiger partial charge in [-0.15, -0.1) is 10.2 Å². The number of rotatable bonds is 5. The Hall–Kier alpha value is -1.33. The third kappa shape index (κ3) is 4.58. The van der Waals surface area contributed by atoms with Gasteiger partial charge in [0.05, 0.1) is 5.60 Å². The van der Waals surface area contributed by atoms with E-state index in [1.165, 1.54) is 5.56 Å². The van der Waals surface area contributed by atoms with Gasteiger partial charge in [0.15, 0.2) is 11.0 Å². The molecule has 1 heterocycles. The summed E-state index contributed by atoms with van der Waals surface area (Å²) in [5.41, 5.74) is 1.80. The second kappa shape index (κ2) is 6.65. The Labute approximate surface area is 143 Å². The maximum absolute atomic E-state index is 9.89. The summed E-state index contributed by atoms with van der Waals surface area (Å²) in [6, 6.07) is 8.55. The molecule has 0 aliphatic heterocycles. The first-order valence-corrected chi connectivity index (χ1v) is 8.99. The van der Waals surface area contributed by atoms with Crippen LogP contribution in [0.3, 0.4) is 0 Å². The average Bonchev–Trinajstić information content (AvgIpc) is 2.86. The molecule has 1 aromatic carbocycles. The molecule has 0 fully saturated rings. The average molecular weight is 334 g/mol. The van der Waals surface area contributed by atoms with E-state index >= 15 is 0 Å². The van der Waals surface area contributed by atoms with Crippen molar-refractivity contribution in [2.45, 2.75) is 64.3 Å². The molecule has 0 atom stereocenters. The summed E-state index contributed by atoms with van der Waals surface area (Å²) in [6.45, 7) is 13.1. The highest BCUT2D eigenvalue weighted by Gasteiger charge is 2.19. The van der Waals surface area contributed by atoms with E-state index in [-0.39, 0.29) is 5.41 Å². The van der Waals surface area contributed by atoms with Crippen LogP contribution in [0.25, 0.3) is 11.4 Å². The monoisotopic (exact) mass is 333 g/mol. The lowest BCUT2D eigenvalue weighted by molar-refractivity contribution is 0.107. The minimum Gasteiger partial charge on any atom is -0.390 e. The molecule has 0 aliphatic carbocycles. The highest BCUT2D eigenvalue weighted by molar-refractivity contribution is 7.99. The summed E-state index contributed by atoms with van der Waals surface area (Å²) >= 11 is 1.54. The SMILES string of the molecule is CCn1c(SCC(C)(C)O)nnc1-c1ccc(C(C)(C)C)cc1. The highest BCUT2D eigenvalue weighted by Crippen LogP contribution is 2.28. The van der Waals surface area contributed by atoms with Gasteiger partial charge < -0.3 is 9.67 Å². The molecule has 0 aliphatic rings. The van der Waals surface area contributed by atoms with Gasteiger partial charge in [-0.25, -0.2) is 0 Å². The number of nitrogens with zero attached hydrogens (tertiary/aromatic N) is 3. The number of hydrogen-bond donors (Lipinski definition) is 1. The topological polar surface area (TPSA) is 50.9 Å². The van der Waals surface area contributed by atoms with Crippen LogP contribution in [-0.2, 0) is 12.0 Å². The number of benzene rings is 1. The fourth-order valence-electron chi connectivity index (χ4n) is 2.25. The molecule has 0 spiro atoms. The van der Waals surface area contributed by atoms with E-state index in [2.05, 4.69) is 66.7 Å². The Balaban J connectivity index is 2.28. The molecular formula is C18H27N3OS. The van der Waals surface area contributed by atoms with Crippen LogP contribution in [0.1, 0.15) is 47.1 Å². The van der Waals surface area contributed by atoms with Gasteiger partial charge in [0, 0.05) is 17.9 Å². The Bertz CT molecular complexity index is 648. The molecule has 0 radical (unpaired) electrons. The molecule has 2 rings (SSSR count). The van der Waals surface area contributed by atoms with Gasteiger partial charge in [-0.2, -0.15) is 0 Å². The van der Waals surface area contributed by atoms with Crippen molar-refractivity contribution in [2.24, 2.45) is 0 Å². The Morgan fingerprint density at radius 2 is 1.65 bits per heavy atom. The van der Waals surface area contributed by atoms with Gasteiger partial charge in [0.1, 0.15) is 0 Å². The summed E-state index contributed by atoms with van der Waals surface area (Å²) in [6.07, 6.45) is 0. The summed E-state index contributed by atoms with van der Waals surface area (Å²) < 4.78 is 2.10. The summed E-state index contributed by atoms with van der Waals surface area (Å²) in [5.74, 6) is 1.47. The van der Waals surface area contributed by atoms with E-state index in [0.29, 0.717) is 5.75 Å². The van der Waals surface area contributed by atoms with Gasteiger partial charge in [0.25, 0.3) is 0 Å². The third-order valence-corrected chi connectivity index (χ3v) is 5.01. The molecule has 2 aromatic rings. The van der Waals surface area contributed by atoms with Gasteiger partial charge in [0.2, 0.25) is 0 Å². The minimum absolute atomic E-state index is 0.144. The van der Waals surface area contributed by atoms with Crippen molar-refractivity contribution in [2.75, 3.05) is 5.75 Å². The van der Waals surface area contributed by atoms with E-state index in [1.54, 1.807) is 25.6 Å². The molecule has 0 saturated heterocycles. The zero-order valence-electron chi connectivity index (χ0n) is 14.9. The predicted molar refractivity (Wildman–Crippen MR) is 96.9 cm³/mol. The van der Waals surface area contributed by atoms with Crippen LogP contribution in [-0.4, -0.2) is 31.2 Å². The largest absolute Gasteiger partial charge is 0.390 e. The zero-order valence-corrected chi connectivity index (χ0v) is 15.7. The van der Waals surface area contributed by atoms with Gasteiger partial charge in [-0.05, 0) is 31.7 Å². The van der Waals surface area contributed by atoms with Gasteiger partial charge in [-0.1, -0.05) is 56.8 Å². The predicted octanol–water partition coefficient (Wildman–Crippen LogP) is 4.13. The van der Waals surface area contributed by atoms with Crippen molar-refractivity contribution in [1.82, 2.24) is 14.8 Å².